The molecule has 1 aromatic heterocycles. The molecular formula is C19H15N2O2+. The summed E-state index contributed by atoms with van der Waals surface area (Å²) in [6.07, 6.45) is 4.71. The molecule has 3 rings (SSSR count). The van der Waals surface area contributed by atoms with Crippen LogP contribution in [0, 0.1) is 0 Å². The number of hydrogen-bond donors (Lipinski definition) is 0. The van der Waals surface area contributed by atoms with E-state index < -0.39 is 0 Å². The van der Waals surface area contributed by atoms with Gasteiger partial charge in [-0.3, -0.25) is 14.6 Å². The molecule has 0 spiro atoms. The van der Waals surface area contributed by atoms with E-state index in [1.54, 1.807) is 41.2 Å². The lowest BCUT2D eigenvalue weighted by atomic mass is 10.1. The topological polar surface area (TPSA) is 50.9 Å². The van der Waals surface area contributed by atoms with Crippen molar-refractivity contribution < 1.29 is 14.2 Å². The number of nitrogens with zero attached hydrogens (tertiary/aromatic N) is 2. The van der Waals surface area contributed by atoms with Crippen molar-refractivity contribution in [1.29, 1.82) is 0 Å². The molecule has 0 saturated carbocycles. The van der Waals surface area contributed by atoms with Gasteiger partial charge < -0.3 is 0 Å². The second-order valence-corrected chi connectivity index (χ2v) is 5.07. The molecule has 3 aromatic rings. The van der Waals surface area contributed by atoms with Crippen LogP contribution < -0.4 is 4.57 Å². The second kappa shape index (κ2) is 6.75. The van der Waals surface area contributed by atoms with Crippen LogP contribution in [0.4, 0.5) is 0 Å². The van der Waals surface area contributed by atoms with E-state index >= 15 is 0 Å². The van der Waals surface area contributed by atoms with Crippen molar-refractivity contribution in [3.8, 4) is 0 Å². The van der Waals surface area contributed by atoms with E-state index in [2.05, 4.69) is 4.98 Å². The third-order valence-corrected chi connectivity index (χ3v) is 3.52. The van der Waals surface area contributed by atoms with Gasteiger partial charge in [0.25, 0.3) is 11.5 Å². The summed E-state index contributed by atoms with van der Waals surface area (Å²) < 4.78 is 1.64. The normalized spacial score (nSPS) is 10.3. The minimum atomic E-state index is -0.153. The van der Waals surface area contributed by atoms with E-state index in [4.69, 9.17) is 0 Å². The molecule has 4 heteroatoms. The Morgan fingerprint density at radius 2 is 1.48 bits per heavy atom. The van der Waals surface area contributed by atoms with Crippen LogP contribution in [-0.4, -0.2) is 16.6 Å². The molecule has 0 N–H and O–H groups in total. The zero-order chi connectivity index (χ0) is 16.1. The van der Waals surface area contributed by atoms with E-state index in [9.17, 15) is 9.59 Å². The molecule has 0 aliphatic carbocycles. The number of benzene rings is 2. The number of ketones is 2. The van der Waals surface area contributed by atoms with Crippen LogP contribution in [0.2, 0.25) is 0 Å². The highest BCUT2D eigenvalue weighted by Gasteiger charge is 2.23. The van der Waals surface area contributed by atoms with Gasteiger partial charge >= 0.3 is 0 Å². The number of rotatable bonds is 5. The number of carbonyl (C=O) groups excluding carboxylic acids is 2. The summed E-state index contributed by atoms with van der Waals surface area (Å²) in [4.78, 5) is 29.0. The molecule has 0 aliphatic heterocycles. The van der Waals surface area contributed by atoms with Gasteiger partial charge in [-0.25, -0.2) is 0 Å². The Kier molecular flexibility index (Phi) is 4.34. The first-order chi connectivity index (χ1) is 11.3. The fourth-order valence-corrected chi connectivity index (χ4v) is 2.32. The standard InChI is InChI=1S/C19H15N2O2/c22-18(15-7-3-1-4-8-15)14-21-12-11-20-13-17(21)19(23)16-9-5-2-6-10-16/h1-13H,14H2/q+1. The maximum Gasteiger partial charge on any atom is 0.272 e. The highest BCUT2D eigenvalue weighted by molar-refractivity contribution is 6.06. The van der Waals surface area contributed by atoms with Gasteiger partial charge in [0.2, 0.25) is 12.3 Å². The fourth-order valence-electron chi connectivity index (χ4n) is 2.32. The van der Waals surface area contributed by atoms with Gasteiger partial charge in [0.05, 0.1) is 6.20 Å². The highest BCUT2D eigenvalue weighted by Crippen LogP contribution is 2.06. The molecule has 23 heavy (non-hydrogen) atoms. The minimum absolute atomic E-state index is 0.0519. The lowest BCUT2D eigenvalue weighted by Crippen LogP contribution is -2.43. The van der Waals surface area contributed by atoms with Crippen molar-refractivity contribution in [1.82, 2.24) is 4.98 Å². The summed E-state index contributed by atoms with van der Waals surface area (Å²) in [5.74, 6) is -0.205. The zero-order valence-electron chi connectivity index (χ0n) is 12.4. The van der Waals surface area contributed by atoms with Gasteiger partial charge in [-0.2, -0.15) is 4.57 Å². The van der Waals surface area contributed by atoms with Crippen LogP contribution in [0.1, 0.15) is 26.4 Å². The predicted octanol–water partition coefficient (Wildman–Crippen LogP) is 2.48. The third kappa shape index (κ3) is 3.37. The summed E-state index contributed by atoms with van der Waals surface area (Å²) in [5, 5.41) is 0. The first-order valence-electron chi connectivity index (χ1n) is 7.27. The van der Waals surface area contributed by atoms with Gasteiger partial charge in [0.1, 0.15) is 6.20 Å². The number of aromatic nitrogens is 2. The Bertz CT molecular complexity index is 830. The summed E-state index contributed by atoms with van der Waals surface area (Å²) in [6.45, 7) is 0.0977. The minimum Gasteiger partial charge on any atom is -0.287 e. The molecular weight excluding hydrogens is 288 g/mol. The summed E-state index contributed by atoms with van der Waals surface area (Å²) in [6, 6.07) is 18.0. The van der Waals surface area contributed by atoms with E-state index in [0.717, 1.165) is 0 Å². The van der Waals surface area contributed by atoms with Crippen LogP contribution in [0.5, 0.6) is 0 Å². The lowest BCUT2D eigenvalue weighted by Gasteiger charge is -2.03. The molecule has 0 saturated heterocycles. The summed E-state index contributed by atoms with van der Waals surface area (Å²) in [7, 11) is 0. The van der Waals surface area contributed by atoms with Crippen molar-refractivity contribution >= 4 is 11.6 Å². The molecule has 1 heterocycles. The van der Waals surface area contributed by atoms with Crippen molar-refractivity contribution in [2.24, 2.45) is 0 Å². The van der Waals surface area contributed by atoms with Gasteiger partial charge in [-0.1, -0.05) is 60.7 Å². The summed E-state index contributed by atoms with van der Waals surface area (Å²) >= 11 is 0. The van der Waals surface area contributed by atoms with Crippen LogP contribution in [0.15, 0.2) is 79.3 Å². The highest BCUT2D eigenvalue weighted by atomic mass is 16.1. The van der Waals surface area contributed by atoms with E-state index in [1.807, 2.05) is 36.4 Å². The molecule has 0 fully saturated rings. The lowest BCUT2D eigenvalue weighted by molar-refractivity contribution is -0.685. The first kappa shape index (κ1) is 14.8. The molecule has 0 radical (unpaired) electrons. The van der Waals surface area contributed by atoms with Crippen LogP contribution in [0.25, 0.3) is 0 Å². The molecule has 112 valence electrons. The zero-order valence-corrected chi connectivity index (χ0v) is 12.4. The molecule has 0 amide bonds. The molecule has 2 aromatic carbocycles. The Hall–Kier alpha value is -3.14. The molecule has 0 unspecified atom stereocenters. The quantitative estimate of drug-likeness (QED) is 0.537. The Balaban J connectivity index is 1.90. The molecule has 0 atom stereocenters. The van der Waals surface area contributed by atoms with Crippen molar-refractivity contribution in [3.05, 3.63) is 96.1 Å². The van der Waals surface area contributed by atoms with Gasteiger partial charge in [-0.15, -0.1) is 0 Å². The third-order valence-electron chi connectivity index (χ3n) is 3.52. The van der Waals surface area contributed by atoms with Crippen LogP contribution >= 0.6 is 0 Å². The van der Waals surface area contributed by atoms with E-state index in [-0.39, 0.29) is 18.1 Å². The van der Waals surface area contributed by atoms with E-state index in [1.165, 1.54) is 6.20 Å². The maximum absolute atomic E-state index is 12.6. The number of carbonyl (C=O) groups is 2. The second-order valence-electron chi connectivity index (χ2n) is 5.07. The smallest absolute Gasteiger partial charge is 0.272 e. The number of hydrogen-bond acceptors (Lipinski definition) is 3. The van der Waals surface area contributed by atoms with Crippen LogP contribution in [-0.2, 0) is 6.54 Å². The Morgan fingerprint density at radius 1 is 0.870 bits per heavy atom. The van der Waals surface area contributed by atoms with Gasteiger partial charge in [0.15, 0.2) is 6.20 Å². The van der Waals surface area contributed by atoms with Crippen molar-refractivity contribution in [2.75, 3.05) is 0 Å². The fraction of sp³-hybridized carbons (Fsp3) is 0.0526. The van der Waals surface area contributed by atoms with Gasteiger partial charge in [-0.05, 0) is 0 Å². The van der Waals surface area contributed by atoms with E-state index in [0.29, 0.717) is 16.8 Å². The average molecular weight is 303 g/mol. The first-order valence-corrected chi connectivity index (χ1v) is 7.27. The molecule has 0 bridgehead atoms. The van der Waals surface area contributed by atoms with Crippen molar-refractivity contribution in [3.63, 3.8) is 0 Å². The average Bonchev–Trinajstić information content (AvgIpc) is 2.63. The van der Waals surface area contributed by atoms with Crippen LogP contribution in [0.3, 0.4) is 0 Å². The SMILES string of the molecule is O=C(C[n+]1ccncc1C(=O)c1ccccc1)c1ccccc1. The number of Topliss-reactive ketones (excluding diaryl/α,β-unsaturated/α-hetero) is 1. The summed E-state index contributed by atoms with van der Waals surface area (Å²) in [5.41, 5.74) is 1.58. The molecule has 4 nitrogen and oxygen atoms in total. The maximum atomic E-state index is 12.6. The monoisotopic (exact) mass is 303 g/mol. The Labute approximate surface area is 134 Å². The Morgan fingerprint density at radius 3 is 2.13 bits per heavy atom. The largest absolute Gasteiger partial charge is 0.287 e. The van der Waals surface area contributed by atoms with Crippen molar-refractivity contribution in [2.45, 2.75) is 6.54 Å². The predicted molar refractivity (Wildman–Crippen MR) is 85.1 cm³/mol. The van der Waals surface area contributed by atoms with Gasteiger partial charge in [0, 0.05) is 11.1 Å². The molecule has 0 aliphatic rings.